The molecule has 1 atom stereocenters. The monoisotopic (exact) mass is 268 g/mol. The molecule has 0 unspecified atom stereocenters. The Kier molecular flexibility index (Phi) is 4.80. The maximum Gasteiger partial charge on any atom is 0.305 e. The van der Waals surface area contributed by atoms with E-state index in [1.165, 1.54) is 0 Å². The van der Waals surface area contributed by atoms with Gasteiger partial charge in [-0.1, -0.05) is 25.7 Å². The number of hydrogen-bond acceptors (Lipinski definition) is 3. The number of carbonyl (C=O) groups excluding carboxylic acids is 1. The number of carboxylic acids is 1. The van der Waals surface area contributed by atoms with Crippen molar-refractivity contribution in [1.82, 2.24) is 10.6 Å². The van der Waals surface area contributed by atoms with Crippen LogP contribution in [0.2, 0.25) is 0 Å². The van der Waals surface area contributed by atoms with Crippen molar-refractivity contribution in [2.75, 3.05) is 6.54 Å². The molecule has 1 aliphatic carbocycles. The summed E-state index contributed by atoms with van der Waals surface area (Å²) in [5.41, 5.74) is -0.514. The van der Waals surface area contributed by atoms with Crippen LogP contribution in [0.25, 0.3) is 0 Å². The van der Waals surface area contributed by atoms with Gasteiger partial charge in [-0.2, -0.15) is 0 Å². The minimum atomic E-state index is -0.821. The van der Waals surface area contributed by atoms with Crippen LogP contribution >= 0.6 is 0 Å². The Bertz CT molecular complexity index is 332. The lowest BCUT2D eigenvalue weighted by atomic mass is 9.79. The van der Waals surface area contributed by atoms with Crippen LogP contribution in [0, 0.1) is 0 Å². The van der Waals surface area contributed by atoms with E-state index < -0.39 is 11.5 Å². The van der Waals surface area contributed by atoms with E-state index in [4.69, 9.17) is 5.11 Å². The maximum absolute atomic E-state index is 12.3. The molecule has 0 aromatic carbocycles. The molecule has 0 aromatic heterocycles. The highest BCUT2D eigenvalue weighted by atomic mass is 16.4. The van der Waals surface area contributed by atoms with E-state index in [1.54, 1.807) is 0 Å². The van der Waals surface area contributed by atoms with Crippen LogP contribution in [-0.4, -0.2) is 35.1 Å². The van der Waals surface area contributed by atoms with Crippen LogP contribution < -0.4 is 10.6 Å². The third kappa shape index (κ3) is 3.93. The van der Waals surface area contributed by atoms with E-state index in [1.807, 2.05) is 0 Å². The van der Waals surface area contributed by atoms with Crippen molar-refractivity contribution in [3.63, 3.8) is 0 Å². The van der Waals surface area contributed by atoms with E-state index in [2.05, 4.69) is 10.6 Å². The van der Waals surface area contributed by atoms with Crippen LogP contribution in [0.1, 0.15) is 57.8 Å². The van der Waals surface area contributed by atoms with Crippen LogP contribution in [0.3, 0.4) is 0 Å². The van der Waals surface area contributed by atoms with Crippen molar-refractivity contribution in [1.29, 1.82) is 0 Å². The van der Waals surface area contributed by atoms with E-state index in [0.717, 1.165) is 57.9 Å². The Labute approximate surface area is 114 Å². The number of aliphatic carboxylic acids is 1. The molecule has 2 fully saturated rings. The van der Waals surface area contributed by atoms with Crippen molar-refractivity contribution in [2.45, 2.75) is 69.4 Å². The first-order valence-corrected chi connectivity index (χ1v) is 7.39. The molecule has 5 heteroatoms. The lowest BCUT2D eigenvalue weighted by molar-refractivity contribution is -0.139. The normalized spacial score (nSPS) is 26.6. The van der Waals surface area contributed by atoms with Crippen molar-refractivity contribution in [3.8, 4) is 0 Å². The average molecular weight is 268 g/mol. The summed E-state index contributed by atoms with van der Waals surface area (Å²) in [5, 5.41) is 15.4. The molecule has 5 nitrogen and oxygen atoms in total. The molecular formula is C14H24N2O3. The fraction of sp³-hybridized carbons (Fsp3) is 0.857. The Hall–Kier alpha value is -1.10. The summed E-state index contributed by atoms with van der Waals surface area (Å²) in [5.74, 6) is -0.832. The Morgan fingerprint density at radius 1 is 1.16 bits per heavy atom. The zero-order valence-corrected chi connectivity index (χ0v) is 11.4. The van der Waals surface area contributed by atoms with Crippen molar-refractivity contribution in [3.05, 3.63) is 0 Å². The fourth-order valence-corrected chi connectivity index (χ4v) is 3.29. The minimum absolute atomic E-state index is 0.0112. The summed E-state index contributed by atoms with van der Waals surface area (Å²) in [6.07, 6.45) is 7.81. The molecule has 1 saturated carbocycles. The van der Waals surface area contributed by atoms with Crippen molar-refractivity contribution in [2.24, 2.45) is 0 Å². The van der Waals surface area contributed by atoms with Crippen LogP contribution in [-0.2, 0) is 9.59 Å². The second-order valence-electron chi connectivity index (χ2n) is 5.90. The lowest BCUT2D eigenvalue weighted by Crippen LogP contribution is -2.57. The number of amides is 1. The van der Waals surface area contributed by atoms with E-state index >= 15 is 0 Å². The van der Waals surface area contributed by atoms with Gasteiger partial charge in [0.1, 0.15) is 0 Å². The largest absolute Gasteiger partial charge is 0.481 e. The van der Waals surface area contributed by atoms with Gasteiger partial charge in [0, 0.05) is 0 Å². The summed E-state index contributed by atoms with van der Waals surface area (Å²) in [6, 6.07) is -0.138. The number of rotatable bonds is 4. The highest BCUT2D eigenvalue weighted by molar-refractivity contribution is 5.83. The van der Waals surface area contributed by atoms with Gasteiger partial charge >= 0.3 is 5.97 Å². The van der Waals surface area contributed by atoms with Gasteiger partial charge in [0.2, 0.25) is 5.91 Å². The number of carbonyl (C=O) groups is 2. The molecule has 1 saturated heterocycles. The molecule has 0 aromatic rings. The first-order valence-electron chi connectivity index (χ1n) is 7.39. The van der Waals surface area contributed by atoms with Crippen molar-refractivity contribution >= 4 is 11.9 Å². The molecular weight excluding hydrogens is 244 g/mol. The number of nitrogens with one attached hydrogen (secondary N) is 2. The molecule has 1 heterocycles. The third-order valence-electron chi connectivity index (χ3n) is 4.32. The summed E-state index contributed by atoms with van der Waals surface area (Å²) in [6.45, 7) is 0.879. The smallest absolute Gasteiger partial charge is 0.305 e. The molecule has 0 radical (unpaired) electrons. The Morgan fingerprint density at radius 2 is 1.89 bits per heavy atom. The zero-order chi connectivity index (χ0) is 13.7. The summed E-state index contributed by atoms with van der Waals surface area (Å²) >= 11 is 0. The van der Waals surface area contributed by atoms with E-state index in [-0.39, 0.29) is 18.4 Å². The molecule has 108 valence electrons. The molecule has 19 heavy (non-hydrogen) atoms. The lowest BCUT2D eigenvalue weighted by Gasteiger charge is -2.38. The summed E-state index contributed by atoms with van der Waals surface area (Å²) in [7, 11) is 0. The van der Waals surface area contributed by atoms with Crippen LogP contribution in [0.5, 0.6) is 0 Å². The fourth-order valence-electron chi connectivity index (χ4n) is 3.29. The van der Waals surface area contributed by atoms with Crippen molar-refractivity contribution < 1.29 is 14.7 Å². The highest BCUT2D eigenvalue weighted by Gasteiger charge is 2.37. The van der Waals surface area contributed by atoms with Gasteiger partial charge in [0.25, 0.3) is 0 Å². The highest BCUT2D eigenvalue weighted by Crippen LogP contribution is 2.31. The SMILES string of the molecule is O=C(O)CC1(NC(=O)[C@@H]2CCCCN2)CCCCC1. The molecule has 0 bridgehead atoms. The van der Waals surface area contributed by atoms with Gasteiger partial charge in [0.05, 0.1) is 18.0 Å². The molecule has 0 spiro atoms. The molecule has 1 aliphatic heterocycles. The van der Waals surface area contributed by atoms with Gasteiger partial charge in [-0.3, -0.25) is 9.59 Å². The molecule has 2 aliphatic rings. The summed E-state index contributed by atoms with van der Waals surface area (Å²) in [4.78, 5) is 23.4. The predicted octanol–water partition coefficient (Wildman–Crippen LogP) is 1.42. The van der Waals surface area contributed by atoms with Gasteiger partial charge in [-0.15, -0.1) is 0 Å². The van der Waals surface area contributed by atoms with Gasteiger partial charge in [-0.25, -0.2) is 0 Å². The second kappa shape index (κ2) is 6.37. The van der Waals surface area contributed by atoms with Gasteiger partial charge in [0.15, 0.2) is 0 Å². The molecule has 3 N–H and O–H groups in total. The average Bonchev–Trinajstić information content (AvgIpc) is 2.39. The number of hydrogen-bond donors (Lipinski definition) is 3. The minimum Gasteiger partial charge on any atom is -0.481 e. The zero-order valence-electron chi connectivity index (χ0n) is 11.4. The molecule has 1 amide bonds. The Balaban J connectivity index is 1.98. The number of carboxylic acid groups (broad SMARTS) is 1. The van der Waals surface area contributed by atoms with Crippen LogP contribution in [0.4, 0.5) is 0 Å². The topological polar surface area (TPSA) is 78.4 Å². The summed E-state index contributed by atoms with van der Waals surface area (Å²) < 4.78 is 0. The third-order valence-corrected chi connectivity index (χ3v) is 4.32. The van der Waals surface area contributed by atoms with Crippen LogP contribution in [0.15, 0.2) is 0 Å². The quantitative estimate of drug-likeness (QED) is 0.720. The predicted molar refractivity (Wildman–Crippen MR) is 71.9 cm³/mol. The van der Waals surface area contributed by atoms with E-state index in [9.17, 15) is 9.59 Å². The van der Waals surface area contributed by atoms with Gasteiger partial charge < -0.3 is 15.7 Å². The number of piperidine rings is 1. The second-order valence-corrected chi connectivity index (χ2v) is 5.90. The first kappa shape index (κ1) is 14.3. The maximum atomic E-state index is 12.3. The van der Waals surface area contributed by atoms with Gasteiger partial charge in [-0.05, 0) is 32.2 Å². The molecule has 2 rings (SSSR count). The standard InChI is InChI=1S/C14H24N2O3/c17-12(18)10-14(7-3-1-4-8-14)16-13(19)11-6-2-5-9-15-11/h11,15H,1-10H2,(H,16,19)(H,17,18)/t11-/m0/s1. The van der Waals surface area contributed by atoms with E-state index in [0.29, 0.717) is 0 Å². The Morgan fingerprint density at radius 3 is 2.47 bits per heavy atom. The first-order chi connectivity index (χ1) is 9.11.